The van der Waals surface area contributed by atoms with Gasteiger partial charge < -0.3 is 5.11 Å². The Morgan fingerprint density at radius 1 is 1.08 bits per heavy atom. The van der Waals surface area contributed by atoms with Gasteiger partial charge in [-0.3, -0.25) is 20.2 Å². The third kappa shape index (κ3) is 1.53. The van der Waals surface area contributed by atoms with Gasteiger partial charge in [0.1, 0.15) is 0 Å². The average molecular weight is 183 g/mol. The zero-order valence-electron chi connectivity index (χ0n) is 6.17. The van der Waals surface area contributed by atoms with Crippen LogP contribution < -0.4 is 5.11 Å². The Labute approximate surface area is 71.5 Å². The van der Waals surface area contributed by atoms with Gasteiger partial charge in [0.2, 0.25) is 0 Å². The van der Waals surface area contributed by atoms with Gasteiger partial charge in [0.15, 0.2) is 0 Å². The fourth-order valence-electron chi connectivity index (χ4n) is 0.842. The summed E-state index contributed by atoms with van der Waals surface area (Å²) < 4.78 is 0. The predicted octanol–water partition coefficient (Wildman–Crippen LogP) is 0.577. The van der Waals surface area contributed by atoms with Crippen LogP contribution in [0.3, 0.4) is 0 Å². The summed E-state index contributed by atoms with van der Waals surface area (Å²) in [5, 5.41) is 31.3. The van der Waals surface area contributed by atoms with Crippen molar-refractivity contribution in [1.82, 2.24) is 0 Å². The molecule has 0 bridgehead atoms. The van der Waals surface area contributed by atoms with E-state index in [0.717, 1.165) is 18.2 Å². The SMILES string of the molecule is O=[N+]([O-])c1cccc([O-])c1[N+](=O)[O-]. The number of nitrogens with zero attached hydrogens (tertiary/aromatic N) is 2. The van der Waals surface area contributed by atoms with Gasteiger partial charge in [0.25, 0.3) is 0 Å². The van der Waals surface area contributed by atoms with E-state index in [2.05, 4.69) is 0 Å². The van der Waals surface area contributed by atoms with E-state index in [1.165, 1.54) is 0 Å². The fourth-order valence-corrected chi connectivity index (χ4v) is 0.842. The van der Waals surface area contributed by atoms with Gasteiger partial charge in [-0.15, -0.1) is 0 Å². The number of hydrogen-bond acceptors (Lipinski definition) is 5. The van der Waals surface area contributed by atoms with Crippen LogP contribution in [0.15, 0.2) is 18.2 Å². The van der Waals surface area contributed by atoms with Crippen LogP contribution in [0.25, 0.3) is 0 Å². The topological polar surface area (TPSA) is 109 Å². The van der Waals surface area contributed by atoms with Crippen molar-refractivity contribution >= 4 is 11.4 Å². The van der Waals surface area contributed by atoms with Crippen molar-refractivity contribution in [3.63, 3.8) is 0 Å². The lowest BCUT2D eigenvalue weighted by Crippen LogP contribution is -2.01. The molecular formula is C6H3N2O5-. The Bertz CT molecular complexity index is 375. The summed E-state index contributed by atoms with van der Waals surface area (Å²) in [6, 6.07) is 2.93. The van der Waals surface area contributed by atoms with E-state index in [4.69, 9.17) is 0 Å². The highest BCUT2D eigenvalue weighted by Gasteiger charge is 2.23. The molecule has 0 radical (unpaired) electrons. The first-order valence-corrected chi connectivity index (χ1v) is 3.13. The van der Waals surface area contributed by atoms with Crippen LogP contribution in [-0.2, 0) is 0 Å². The Balaban J connectivity index is 3.43. The summed E-state index contributed by atoms with van der Waals surface area (Å²) in [6.45, 7) is 0. The van der Waals surface area contributed by atoms with Gasteiger partial charge in [-0.2, -0.15) is 0 Å². The van der Waals surface area contributed by atoms with Crippen LogP contribution in [0.1, 0.15) is 0 Å². The minimum absolute atomic E-state index is 0.780. The smallest absolute Gasteiger partial charge is 0.345 e. The highest BCUT2D eigenvalue weighted by Crippen LogP contribution is 2.32. The van der Waals surface area contributed by atoms with E-state index < -0.39 is 27.0 Å². The zero-order valence-corrected chi connectivity index (χ0v) is 6.17. The van der Waals surface area contributed by atoms with Crippen molar-refractivity contribution in [3.8, 4) is 5.75 Å². The molecule has 0 saturated carbocycles. The number of rotatable bonds is 2. The van der Waals surface area contributed by atoms with Crippen molar-refractivity contribution in [2.75, 3.05) is 0 Å². The van der Waals surface area contributed by atoms with E-state index in [0.29, 0.717) is 0 Å². The van der Waals surface area contributed by atoms with E-state index in [-0.39, 0.29) is 0 Å². The van der Waals surface area contributed by atoms with Crippen LogP contribution in [-0.4, -0.2) is 9.85 Å². The number of nitro groups is 2. The lowest BCUT2D eigenvalue weighted by atomic mass is 10.2. The molecule has 0 atom stereocenters. The Morgan fingerprint density at radius 3 is 2.08 bits per heavy atom. The third-order valence-electron chi connectivity index (χ3n) is 1.36. The predicted molar refractivity (Wildman–Crippen MR) is 39.2 cm³/mol. The van der Waals surface area contributed by atoms with Gasteiger partial charge in [0.05, 0.1) is 9.85 Å². The summed E-state index contributed by atoms with van der Waals surface area (Å²) in [5.74, 6) is -0.959. The largest absolute Gasteiger partial charge is 0.868 e. The number of hydrogen-bond donors (Lipinski definition) is 0. The van der Waals surface area contributed by atoms with Crippen LogP contribution >= 0.6 is 0 Å². The summed E-state index contributed by atoms with van der Waals surface area (Å²) in [4.78, 5) is 18.5. The molecule has 0 aliphatic carbocycles. The first-order chi connectivity index (χ1) is 6.04. The van der Waals surface area contributed by atoms with E-state index in [1.54, 1.807) is 0 Å². The lowest BCUT2D eigenvalue weighted by Gasteiger charge is -2.04. The molecule has 0 fully saturated rings. The summed E-state index contributed by atoms with van der Waals surface area (Å²) in [6.07, 6.45) is 0. The van der Waals surface area contributed by atoms with Gasteiger partial charge in [-0.25, -0.2) is 0 Å². The van der Waals surface area contributed by atoms with E-state index >= 15 is 0 Å². The van der Waals surface area contributed by atoms with Crippen molar-refractivity contribution in [2.45, 2.75) is 0 Å². The molecule has 7 heteroatoms. The lowest BCUT2D eigenvalue weighted by molar-refractivity contribution is -0.429. The number of para-hydroxylation sites is 1. The van der Waals surface area contributed by atoms with Gasteiger partial charge >= 0.3 is 11.4 Å². The maximum atomic E-state index is 10.8. The normalized spacial score (nSPS) is 9.54. The third-order valence-corrected chi connectivity index (χ3v) is 1.36. The number of benzene rings is 1. The summed E-state index contributed by atoms with van der Waals surface area (Å²) in [5.41, 5.74) is -1.77. The van der Waals surface area contributed by atoms with Crippen molar-refractivity contribution in [3.05, 3.63) is 38.4 Å². The Morgan fingerprint density at radius 2 is 1.69 bits per heavy atom. The van der Waals surface area contributed by atoms with Crippen LogP contribution in [0.5, 0.6) is 5.75 Å². The molecule has 0 spiro atoms. The quantitative estimate of drug-likeness (QED) is 0.491. The summed E-state index contributed by atoms with van der Waals surface area (Å²) in [7, 11) is 0. The second kappa shape index (κ2) is 3.05. The molecule has 0 aliphatic rings. The first-order valence-electron chi connectivity index (χ1n) is 3.13. The summed E-state index contributed by atoms with van der Waals surface area (Å²) >= 11 is 0. The molecule has 7 nitrogen and oxygen atoms in total. The Kier molecular flexibility index (Phi) is 2.09. The van der Waals surface area contributed by atoms with Crippen LogP contribution in [0, 0.1) is 20.2 Å². The molecule has 1 rings (SSSR count). The molecule has 0 N–H and O–H groups in total. The standard InChI is InChI=1S/C6H4N2O5/c9-5-3-1-2-4(7(10)11)6(5)8(12)13/h1-3,9H/p-1. The average Bonchev–Trinajstić information content (AvgIpc) is 2.02. The highest BCUT2D eigenvalue weighted by atomic mass is 16.6. The minimum Gasteiger partial charge on any atom is -0.868 e. The maximum absolute atomic E-state index is 10.8. The van der Waals surface area contributed by atoms with Crippen molar-refractivity contribution in [1.29, 1.82) is 0 Å². The Hall–Kier alpha value is -2.18. The number of nitro benzene ring substituents is 2. The molecule has 1 aromatic rings. The molecule has 0 heterocycles. The molecule has 0 saturated heterocycles. The van der Waals surface area contributed by atoms with Gasteiger partial charge in [0, 0.05) is 6.07 Å². The van der Waals surface area contributed by atoms with Crippen molar-refractivity contribution in [2.24, 2.45) is 0 Å². The van der Waals surface area contributed by atoms with Crippen molar-refractivity contribution < 1.29 is 15.0 Å². The highest BCUT2D eigenvalue weighted by molar-refractivity contribution is 5.60. The second-order valence-corrected chi connectivity index (χ2v) is 2.14. The van der Waals surface area contributed by atoms with Gasteiger partial charge in [-0.05, 0) is 5.75 Å². The molecule has 1 aromatic carbocycles. The molecule has 0 amide bonds. The maximum Gasteiger partial charge on any atom is 0.345 e. The fraction of sp³-hybridized carbons (Fsp3) is 0. The molecule has 0 aromatic heterocycles. The van der Waals surface area contributed by atoms with Crippen LogP contribution in [0.2, 0.25) is 0 Å². The van der Waals surface area contributed by atoms with Crippen LogP contribution in [0.4, 0.5) is 11.4 Å². The minimum atomic E-state index is -1.06. The molecule has 0 aliphatic heterocycles. The van der Waals surface area contributed by atoms with E-state index in [9.17, 15) is 25.3 Å². The molecule has 0 unspecified atom stereocenters. The molecule has 13 heavy (non-hydrogen) atoms. The molecular weight excluding hydrogens is 180 g/mol. The second-order valence-electron chi connectivity index (χ2n) is 2.14. The first kappa shape index (κ1) is 8.91. The van der Waals surface area contributed by atoms with E-state index in [1.807, 2.05) is 0 Å². The monoisotopic (exact) mass is 183 g/mol. The van der Waals surface area contributed by atoms with Gasteiger partial charge in [-0.1, -0.05) is 12.1 Å². The molecule has 68 valence electrons. The zero-order chi connectivity index (χ0) is 10.0.